The average molecular weight is 266 g/mol. The molecule has 0 radical (unpaired) electrons. The Labute approximate surface area is 112 Å². The molecule has 3 N–H and O–H groups in total. The molecule has 1 amide bonds. The standard InChI is InChI=1S/C14H19FN2O2/c1-9-5-11(15)7-12(6-9)17-14(8-19-2,13(16)18)10-3-4-10/h5-7,10,17H,3-4,8H2,1-2H3,(H2,16,18). The lowest BCUT2D eigenvalue weighted by Gasteiger charge is -2.32. The minimum Gasteiger partial charge on any atom is -0.382 e. The predicted octanol–water partition coefficient (Wildman–Crippen LogP) is 1.83. The second-order valence-electron chi connectivity index (χ2n) is 5.19. The van der Waals surface area contributed by atoms with Crippen molar-refractivity contribution in [1.82, 2.24) is 0 Å². The molecule has 0 aromatic heterocycles. The summed E-state index contributed by atoms with van der Waals surface area (Å²) in [6, 6.07) is 4.59. The Morgan fingerprint density at radius 3 is 2.68 bits per heavy atom. The summed E-state index contributed by atoms with van der Waals surface area (Å²) in [5.74, 6) is -0.652. The van der Waals surface area contributed by atoms with E-state index in [1.165, 1.54) is 19.2 Å². The van der Waals surface area contributed by atoms with Crippen molar-refractivity contribution in [3.05, 3.63) is 29.6 Å². The van der Waals surface area contributed by atoms with Crippen LogP contribution in [-0.4, -0.2) is 25.2 Å². The van der Waals surface area contributed by atoms with Crippen molar-refractivity contribution < 1.29 is 13.9 Å². The van der Waals surface area contributed by atoms with Crippen molar-refractivity contribution in [3.63, 3.8) is 0 Å². The summed E-state index contributed by atoms with van der Waals surface area (Å²) in [6.45, 7) is 1.98. The fourth-order valence-electron chi connectivity index (χ4n) is 2.46. The maximum atomic E-state index is 13.4. The number of nitrogens with one attached hydrogen (secondary N) is 1. The molecule has 0 saturated heterocycles. The van der Waals surface area contributed by atoms with E-state index >= 15 is 0 Å². The highest BCUT2D eigenvalue weighted by molar-refractivity contribution is 5.89. The molecule has 19 heavy (non-hydrogen) atoms. The van der Waals surface area contributed by atoms with Crippen LogP contribution in [0.4, 0.5) is 10.1 Å². The smallest absolute Gasteiger partial charge is 0.245 e. The van der Waals surface area contributed by atoms with Gasteiger partial charge >= 0.3 is 0 Å². The molecule has 0 bridgehead atoms. The summed E-state index contributed by atoms with van der Waals surface area (Å²) >= 11 is 0. The van der Waals surface area contributed by atoms with Gasteiger partial charge in [0.1, 0.15) is 11.4 Å². The van der Waals surface area contributed by atoms with Gasteiger partial charge in [-0.25, -0.2) is 4.39 Å². The normalized spacial score (nSPS) is 17.8. The second kappa shape index (κ2) is 5.17. The number of hydrogen-bond acceptors (Lipinski definition) is 3. The first-order chi connectivity index (χ1) is 8.98. The van der Waals surface area contributed by atoms with E-state index in [2.05, 4.69) is 5.32 Å². The van der Waals surface area contributed by atoms with Gasteiger partial charge in [-0.2, -0.15) is 0 Å². The fourth-order valence-corrected chi connectivity index (χ4v) is 2.46. The molecule has 1 unspecified atom stereocenters. The van der Waals surface area contributed by atoms with Gasteiger partial charge in [0.25, 0.3) is 0 Å². The molecule has 1 aliphatic carbocycles. The van der Waals surface area contributed by atoms with E-state index in [0.717, 1.165) is 18.4 Å². The number of methoxy groups -OCH3 is 1. The monoisotopic (exact) mass is 266 g/mol. The van der Waals surface area contributed by atoms with Gasteiger partial charge in [0.2, 0.25) is 5.91 Å². The Bertz CT molecular complexity index is 468. The maximum absolute atomic E-state index is 13.4. The van der Waals surface area contributed by atoms with Crippen molar-refractivity contribution >= 4 is 11.6 Å². The molecule has 4 nitrogen and oxygen atoms in total. The molecule has 1 aliphatic rings. The summed E-state index contributed by atoms with van der Waals surface area (Å²) in [6.07, 6.45) is 1.85. The number of rotatable bonds is 6. The van der Waals surface area contributed by atoms with Crippen molar-refractivity contribution in [2.75, 3.05) is 19.0 Å². The summed E-state index contributed by atoms with van der Waals surface area (Å²) < 4.78 is 18.6. The quantitative estimate of drug-likeness (QED) is 0.825. The van der Waals surface area contributed by atoms with Crippen LogP contribution in [0.3, 0.4) is 0 Å². The number of hydrogen-bond donors (Lipinski definition) is 2. The van der Waals surface area contributed by atoms with Crippen LogP contribution in [-0.2, 0) is 9.53 Å². The lowest BCUT2D eigenvalue weighted by atomic mass is 9.92. The fraction of sp³-hybridized carbons (Fsp3) is 0.500. The van der Waals surface area contributed by atoms with Crippen LogP contribution in [0.25, 0.3) is 0 Å². The largest absolute Gasteiger partial charge is 0.382 e. The average Bonchev–Trinajstić information content (AvgIpc) is 3.10. The summed E-state index contributed by atoms with van der Waals surface area (Å²) in [5.41, 5.74) is 5.94. The van der Waals surface area contributed by atoms with Gasteiger partial charge in [0.15, 0.2) is 0 Å². The molecular formula is C14H19FN2O2. The predicted molar refractivity (Wildman–Crippen MR) is 71.3 cm³/mol. The van der Waals surface area contributed by atoms with Crippen LogP contribution in [0.15, 0.2) is 18.2 Å². The topological polar surface area (TPSA) is 64.3 Å². The molecule has 1 aromatic carbocycles. The van der Waals surface area contributed by atoms with E-state index in [-0.39, 0.29) is 18.3 Å². The second-order valence-corrected chi connectivity index (χ2v) is 5.19. The maximum Gasteiger partial charge on any atom is 0.245 e. The zero-order valence-electron chi connectivity index (χ0n) is 11.2. The number of anilines is 1. The molecule has 104 valence electrons. The molecule has 1 saturated carbocycles. The van der Waals surface area contributed by atoms with E-state index in [0.29, 0.717) is 5.69 Å². The first-order valence-electron chi connectivity index (χ1n) is 6.32. The van der Waals surface area contributed by atoms with Gasteiger partial charge in [0, 0.05) is 12.8 Å². The number of aryl methyl sites for hydroxylation is 1. The van der Waals surface area contributed by atoms with Gasteiger partial charge in [0.05, 0.1) is 6.61 Å². The SMILES string of the molecule is COCC(Nc1cc(C)cc(F)c1)(C(N)=O)C1CC1. The number of primary amides is 1. The Morgan fingerprint density at radius 1 is 1.53 bits per heavy atom. The van der Waals surface area contributed by atoms with Crippen molar-refractivity contribution in [1.29, 1.82) is 0 Å². The van der Waals surface area contributed by atoms with Crippen LogP contribution in [0, 0.1) is 18.7 Å². The number of amides is 1. The highest BCUT2D eigenvalue weighted by Gasteiger charge is 2.50. The first-order valence-corrected chi connectivity index (χ1v) is 6.32. The number of nitrogens with two attached hydrogens (primary N) is 1. The summed E-state index contributed by atoms with van der Waals surface area (Å²) in [5, 5.41) is 3.10. The lowest BCUT2D eigenvalue weighted by molar-refractivity contribution is -0.124. The van der Waals surface area contributed by atoms with E-state index in [9.17, 15) is 9.18 Å². The molecule has 0 spiro atoms. The van der Waals surface area contributed by atoms with Gasteiger partial charge in [-0.05, 0) is 49.4 Å². The van der Waals surface area contributed by atoms with Crippen LogP contribution in [0.5, 0.6) is 0 Å². The molecule has 0 aliphatic heterocycles. The molecule has 5 heteroatoms. The van der Waals surface area contributed by atoms with Crippen LogP contribution < -0.4 is 11.1 Å². The van der Waals surface area contributed by atoms with E-state index in [1.807, 2.05) is 0 Å². The van der Waals surface area contributed by atoms with Gasteiger partial charge < -0.3 is 15.8 Å². The summed E-state index contributed by atoms with van der Waals surface area (Å²) in [7, 11) is 1.53. The van der Waals surface area contributed by atoms with Crippen molar-refractivity contribution in [3.8, 4) is 0 Å². The Kier molecular flexibility index (Phi) is 3.75. The Balaban J connectivity index is 2.31. The Hall–Kier alpha value is -1.62. The highest BCUT2D eigenvalue weighted by Crippen LogP contribution is 2.42. The number of ether oxygens (including phenoxy) is 1. The van der Waals surface area contributed by atoms with Crippen LogP contribution in [0.1, 0.15) is 18.4 Å². The molecular weight excluding hydrogens is 247 g/mol. The zero-order valence-corrected chi connectivity index (χ0v) is 11.2. The Morgan fingerprint density at radius 2 is 2.21 bits per heavy atom. The molecule has 1 atom stereocenters. The van der Waals surface area contributed by atoms with Crippen LogP contribution in [0.2, 0.25) is 0 Å². The number of halogens is 1. The first kappa shape index (κ1) is 13.8. The highest BCUT2D eigenvalue weighted by atomic mass is 19.1. The molecule has 2 rings (SSSR count). The van der Waals surface area contributed by atoms with Gasteiger partial charge in [-0.3, -0.25) is 4.79 Å². The minimum absolute atomic E-state index is 0.147. The zero-order chi connectivity index (χ0) is 14.0. The van der Waals surface area contributed by atoms with E-state index in [4.69, 9.17) is 10.5 Å². The number of benzene rings is 1. The van der Waals surface area contributed by atoms with Gasteiger partial charge in [-0.15, -0.1) is 0 Å². The number of carbonyl (C=O) groups excluding carboxylic acids is 1. The lowest BCUT2D eigenvalue weighted by Crippen LogP contribution is -2.55. The van der Waals surface area contributed by atoms with Crippen molar-refractivity contribution in [2.45, 2.75) is 25.3 Å². The molecule has 1 fully saturated rings. The third kappa shape index (κ3) is 2.87. The van der Waals surface area contributed by atoms with Crippen molar-refractivity contribution in [2.24, 2.45) is 11.7 Å². The van der Waals surface area contributed by atoms with Crippen LogP contribution >= 0.6 is 0 Å². The number of carbonyl (C=O) groups is 1. The molecule has 0 heterocycles. The minimum atomic E-state index is -0.949. The third-order valence-corrected chi connectivity index (χ3v) is 3.50. The molecule has 1 aromatic rings. The summed E-state index contributed by atoms with van der Waals surface area (Å²) in [4.78, 5) is 11.9. The van der Waals surface area contributed by atoms with E-state index < -0.39 is 11.4 Å². The van der Waals surface area contributed by atoms with E-state index in [1.54, 1.807) is 13.0 Å². The van der Waals surface area contributed by atoms with Gasteiger partial charge in [-0.1, -0.05) is 0 Å². The third-order valence-electron chi connectivity index (χ3n) is 3.50.